The molecule has 4 heterocycles. The molecule has 12 heteroatoms. The zero-order chi connectivity index (χ0) is 27.5. The lowest BCUT2D eigenvalue weighted by Gasteiger charge is -2.35. The molecule has 3 aromatic heterocycles. The number of halogens is 2. The van der Waals surface area contributed by atoms with Crippen LogP contribution >= 0.6 is 34.7 Å². The van der Waals surface area contributed by atoms with E-state index in [2.05, 4.69) is 20.2 Å². The fraction of sp³-hybridized carbons (Fsp3) is 0.179. The molecule has 202 valence electrons. The number of carbonyl (C=O) groups is 1. The Morgan fingerprint density at radius 1 is 1.00 bits per heavy atom. The van der Waals surface area contributed by atoms with Crippen LogP contribution < -0.4 is 4.90 Å². The summed E-state index contributed by atoms with van der Waals surface area (Å²) in [5, 5.41) is 12.8. The summed E-state index contributed by atoms with van der Waals surface area (Å²) in [5.74, 6) is 0.844. The standard InChI is InChI=1S/C28H23ClFN7OS2/c29-20-4-3-5-21(16-20)37-26(19-8-10-31-11-9-19)33-34-28(37)40-18-25-32-23(17-39-25)27(38)36-14-12-35(13-15-36)24-7-2-1-6-22(24)30/h1-11,16-17H,12-15,18H2. The molecule has 0 spiro atoms. The number of benzene rings is 2. The Bertz CT molecular complexity index is 1640. The molecule has 1 fully saturated rings. The van der Waals surface area contributed by atoms with Crippen molar-refractivity contribution in [3.63, 3.8) is 0 Å². The molecule has 5 aromatic rings. The average molecular weight is 592 g/mol. The second-order valence-corrected chi connectivity index (χ2v) is 11.3. The van der Waals surface area contributed by atoms with E-state index in [9.17, 15) is 9.18 Å². The van der Waals surface area contributed by atoms with Gasteiger partial charge in [0.25, 0.3) is 5.91 Å². The molecule has 0 unspecified atom stereocenters. The number of thiazole rings is 1. The molecule has 0 saturated carbocycles. The van der Waals surface area contributed by atoms with Crippen molar-refractivity contribution in [2.75, 3.05) is 31.1 Å². The maximum Gasteiger partial charge on any atom is 0.273 e. The van der Waals surface area contributed by atoms with E-state index < -0.39 is 0 Å². The van der Waals surface area contributed by atoms with Gasteiger partial charge in [0.2, 0.25) is 0 Å². The Kier molecular flexibility index (Phi) is 7.76. The fourth-order valence-corrected chi connectivity index (χ4v) is 6.44. The van der Waals surface area contributed by atoms with Crippen molar-refractivity contribution in [2.24, 2.45) is 0 Å². The Labute approximate surface area is 243 Å². The summed E-state index contributed by atoms with van der Waals surface area (Å²) in [6, 6.07) is 18.0. The number of rotatable bonds is 7. The van der Waals surface area contributed by atoms with E-state index in [4.69, 9.17) is 11.6 Å². The zero-order valence-corrected chi connectivity index (χ0v) is 23.5. The monoisotopic (exact) mass is 591 g/mol. The van der Waals surface area contributed by atoms with E-state index in [1.54, 1.807) is 34.8 Å². The van der Waals surface area contributed by atoms with Crippen molar-refractivity contribution in [2.45, 2.75) is 10.9 Å². The van der Waals surface area contributed by atoms with E-state index in [-0.39, 0.29) is 11.7 Å². The Morgan fingerprint density at radius 2 is 1.80 bits per heavy atom. The fourth-order valence-electron chi connectivity index (χ4n) is 4.52. The molecule has 1 amide bonds. The first kappa shape index (κ1) is 26.4. The summed E-state index contributed by atoms with van der Waals surface area (Å²) in [6.07, 6.45) is 3.43. The third-order valence-electron chi connectivity index (χ3n) is 6.49. The lowest BCUT2D eigenvalue weighted by Crippen LogP contribution is -2.49. The summed E-state index contributed by atoms with van der Waals surface area (Å²) < 4.78 is 16.1. The van der Waals surface area contributed by atoms with Crippen molar-refractivity contribution < 1.29 is 9.18 Å². The van der Waals surface area contributed by atoms with Gasteiger partial charge in [-0.05, 0) is 42.5 Å². The van der Waals surface area contributed by atoms with Crippen LogP contribution in [0.3, 0.4) is 0 Å². The molecule has 2 aromatic carbocycles. The number of anilines is 1. The normalized spacial score (nSPS) is 13.6. The van der Waals surface area contributed by atoms with Crippen LogP contribution in [0, 0.1) is 5.82 Å². The zero-order valence-electron chi connectivity index (χ0n) is 21.2. The maximum absolute atomic E-state index is 14.2. The molecule has 6 rings (SSSR count). The van der Waals surface area contributed by atoms with Crippen molar-refractivity contribution in [1.29, 1.82) is 0 Å². The van der Waals surface area contributed by atoms with Gasteiger partial charge >= 0.3 is 0 Å². The summed E-state index contributed by atoms with van der Waals surface area (Å²) in [7, 11) is 0. The predicted molar refractivity (Wildman–Crippen MR) is 156 cm³/mol. The van der Waals surface area contributed by atoms with Crippen LogP contribution in [0.25, 0.3) is 17.1 Å². The van der Waals surface area contributed by atoms with Crippen LogP contribution in [-0.4, -0.2) is 61.7 Å². The molecule has 1 saturated heterocycles. The number of pyridine rings is 1. The molecule has 1 aliphatic rings. The van der Waals surface area contributed by atoms with Gasteiger partial charge in [0.05, 0.1) is 17.1 Å². The number of hydrogen-bond acceptors (Lipinski definition) is 8. The first-order chi connectivity index (χ1) is 19.6. The van der Waals surface area contributed by atoms with Gasteiger partial charge < -0.3 is 9.80 Å². The van der Waals surface area contributed by atoms with Crippen LogP contribution in [0.4, 0.5) is 10.1 Å². The number of aromatic nitrogens is 5. The van der Waals surface area contributed by atoms with E-state index in [0.29, 0.717) is 59.3 Å². The van der Waals surface area contributed by atoms with E-state index in [1.807, 2.05) is 51.9 Å². The van der Waals surface area contributed by atoms with Gasteiger partial charge in [0.1, 0.15) is 16.5 Å². The van der Waals surface area contributed by atoms with Crippen LogP contribution in [-0.2, 0) is 5.75 Å². The molecule has 0 radical (unpaired) electrons. The molecule has 40 heavy (non-hydrogen) atoms. The number of amides is 1. The highest BCUT2D eigenvalue weighted by Gasteiger charge is 2.25. The first-order valence-electron chi connectivity index (χ1n) is 12.5. The number of piperazine rings is 1. The van der Waals surface area contributed by atoms with Crippen molar-refractivity contribution in [3.05, 3.63) is 100.0 Å². The van der Waals surface area contributed by atoms with Gasteiger partial charge in [-0.2, -0.15) is 0 Å². The highest BCUT2D eigenvalue weighted by Crippen LogP contribution is 2.31. The van der Waals surface area contributed by atoms with E-state index in [0.717, 1.165) is 16.3 Å². The number of carbonyl (C=O) groups excluding carboxylic acids is 1. The predicted octanol–water partition coefficient (Wildman–Crippen LogP) is 5.83. The molecule has 0 atom stereocenters. The average Bonchev–Trinajstić information content (AvgIpc) is 3.64. The quantitative estimate of drug-likeness (QED) is 0.220. The molecule has 0 aliphatic carbocycles. The van der Waals surface area contributed by atoms with Gasteiger partial charge in [-0.15, -0.1) is 21.5 Å². The third kappa shape index (κ3) is 5.58. The Hall–Kier alpha value is -3.80. The second-order valence-electron chi connectivity index (χ2n) is 9.00. The van der Waals surface area contributed by atoms with E-state index in [1.165, 1.54) is 29.2 Å². The minimum Gasteiger partial charge on any atom is -0.366 e. The van der Waals surface area contributed by atoms with Gasteiger partial charge in [-0.1, -0.05) is 41.6 Å². The van der Waals surface area contributed by atoms with Gasteiger partial charge in [-0.3, -0.25) is 14.3 Å². The minimum atomic E-state index is -0.247. The molecule has 0 N–H and O–H groups in total. The van der Waals surface area contributed by atoms with Crippen LogP contribution in [0.2, 0.25) is 5.02 Å². The summed E-state index contributed by atoms with van der Waals surface area (Å²) in [4.78, 5) is 25.6. The minimum absolute atomic E-state index is 0.109. The highest BCUT2D eigenvalue weighted by molar-refractivity contribution is 7.98. The van der Waals surface area contributed by atoms with Crippen LogP contribution in [0.5, 0.6) is 0 Å². The lowest BCUT2D eigenvalue weighted by molar-refractivity contribution is 0.0741. The van der Waals surface area contributed by atoms with Crippen molar-refractivity contribution in [1.82, 2.24) is 29.6 Å². The third-order valence-corrected chi connectivity index (χ3v) is 8.70. The number of para-hydroxylation sites is 1. The van der Waals surface area contributed by atoms with Crippen molar-refractivity contribution >= 4 is 46.3 Å². The molecule has 1 aliphatic heterocycles. The SMILES string of the molecule is O=C(c1csc(CSc2nnc(-c3ccncc3)n2-c2cccc(Cl)c2)n1)N1CCN(c2ccccc2F)CC1. The first-order valence-corrected chi connectivity index (χ1v) is 14.8. The van der Waals surface area contributed by atoms with Crippen LogP contribution in [0.15, 0.2) is 83.6 Å². The van der Waals surface area contributed by atoms with Crippen LogP contribution in [0.1, 0.15) is 15.5 Å². The van der Waals surface area contributed by atoms with Gasteiger partial charge in [-0.25, -0.2) is 9.37 Å². The molecular weight excluding hydrogens is 569 g/mol. The lowest BCUT2D eigenvalue weighted by atomic mass is 10.2. The van der Waals surface area contributed by atoms with Crippen molar-refractivity contribution in [3.8, 4) is 17.1 Å². The van der Waals surface area contributed by atoms with Gasteiger partial charge in [0.15, 0.2) is 11.0 Å². The molecule has 8 nitrogen and oxygen atoms in total. The summed E-state index contributed by atoms with van der Waals surface area (Å²) >= 11 is 9.22. The number of nitrogens with zero attached hydrogens (tertiary/aromatic N) is 7. The largest absolute Gasteiger partial charge is 0.366 e. The number of hydrogen-bond donors (Lipinski definition) is 0. The molecule has 0 bridgehead atoms. The highest BCUT2D eigenvalue weighted by atomic mass is 35.5. The number of thioether (sulfide) groups is 1. The summed E-state index contributed by atoms with van der Waals surface area (Å²) in [5.41, 5.74) is 2.72. The topological polar surface area (TPSA) is 80.0 Å². The maximum atomic E-state index is 14.2. The van der Waals surface area contributed by atoms with Gasteiger partial charge in [0, 0.05) is 54.5 Å². The summed E-state index contributed by atoms with van der Waals surface area (Å²) in [6.45, 7) is 2.15. The smallest absolute Gasteiger partial charge is 0.273 e. The Morgan fingerprint density at radius 3 is 2.58 bits per heavy atom. The molecular formula is C28H23ClFN7OS2. The second kappa shape index (κ2) is 11.7. The Balaban J connectivity index is 1.14. The van der Waals surface area contributed by atoms with E-state index >= 15 is 0 Å².